The Kier molecular flexibility index (Phi) is 2.49. The molecule has 1 saturated carbocycles. The van der Waals surface area contributed by atoms with Crippen molar-refractivity contribution in [3.8, 4) is 0 Å². The van der Waals surface area contributed by atoms with Gasteiger partial charge in [-0.1, -0.05) is 12.8 Å². The van der Waals surface area contributed by atoms with Crippen LogP contribution in [0.2, 0.25) is 0 Å². The second-order valence-electron chi connectivity index (χ2n) is 3.55. The van der Waals surface area contributed by atoms with Gasteiger partial charge in [0, 0.05) is 6.42 Å². The van der Waals surface area contributed by atoms with E-state index in [-0.39, 0.29) is 11.3 Å². The van der Waals surface area contributed by atoms with E-state index in [1.165, 1.54) is 12.8 Å². The highest BCUT2D eigenvalue weighted by molar-refractivity contribution is 5.74. The number of amides is 1. The molecule has 0 heterocycles. The van der Waals surface area contributed by atoms with Crippen LogP contribution in [0.5, 0.6) is 0 Å². The first-order valence-corrected chi connectivity index (χ1v) is 4.17. The highest BCUT2D eigenvalue weighted by Gasteiger charge is 2.33. The van der Waals surface area contributed by atoms with E-state index in [9.17, 15) is 4.79 Å². The van der Waals surface area contributed by atoms with Gasteiger partial charge < -0.3 is 11.5 Å². The second-order valence-corrected chi connectivity index (χ2v) is 3.55. The van der Waals surface area contributed by atoms with Crippen LogP contribution in [0.3, 0.4) is 0 Å². The fraction of sp³-hybridized carbons (Fsp3) is 0.875. The first-order chi connectivity index (χ1) is 5.18. The maximum absolute atomic E-state index is 10.7. The zero-order chi connectivity index (χ0) is 8.32. The average Bonchev–Trinajstić information content (AvgIpc) is 2.36. The summed E-state index contributed by atoms with van der Waals surface area (Å²) in [5.41, 5.74) is 10.8. The molecular formula is C8H16N2O. The van der Waals surface area contributed by atoms with Gasteiger partial charge in [-0.05, 0) is 24.8 Å². The lowest BCUT2D eigenvalue weighted by molar-refractivity contribution is -0.120. The van der Waals surface area contributed by atoms with Crippen LogP contribution in [0.1, 0.15) is 32.1 Å². The summed E-state index contributed by atoms with van der Waals surface area (Å²) in [5, 5.41) is 0. The van der Waals surface area contributed by atoms with Gasteiger partial charge in [0.05, 0.1) is 0 Å². The van der Waals surface area contributed by atoms with Crippen molar-refractivity contribution in [2.24, 2.45) is 16.9 Å². The lowest BCUT2D eigenvalue weighted by Gasteiger charge is -2.24. The summed E-state index contributed by atoms with van der Waals surface area (Å²) in [4.78, 5) is 10.7. The lowest BCUT2D eigenvalue weighted by atomic mass is 9.83. The molecule has 3 nitrogen and oxygen atoms in total. The van der Waals surface area contributed by atoms with Crippen molar-refractivity contribution >= 4 is 5.91 Å². The largest absolute Gasteiger partial charge is 0.370 e. The topological polar surface area (TPSA) is 69.1 Å². The number of carbonyl (C=O) groups is 1. The molecule has 0 unspecified atom stereocenters. The van der Waals surface area contributed by atoms with Gasteiger partial charge in [0.25, 0.3) is 0 Å². The molecule has 11 heavy (non-hydrogen) atoms. The van der Waals surface area contributed by atoms with Gasteiger partial charge in [0.15, 0.2) is 0 Å². The third-order valence-electron chi connectivity index (χ3n) is 2.65. The van der Waals surface area contributed by atoms with Crippen molar-refractivity contribution in [2.45, 2.75) is 32.1 Å². The monoisotopic (exact) mass is 156 g/mol. The Morgan fingerprint density at radius 1 is 1.36 bits per heavy atom. The molecule has 0 radical (unpaired) electrons. The van der Waals surface area contributed by atoms with Crippen LogP contribution < -0.4 is 11.5 Å². The minimum atomic E-state index is -0.211. The van der Waals surface area contributed by atoms with Crippen molar-refractivity contribution in [3.63, 3.8) is 0 Å². The Labute approximate surface area is 67.1 Å². The van der Waals surface area contributed by atoms with Crippen molar-refractivity contribution in [1.82, 2.24) is 0 Å². The molecule has 0 spiro atoms. The van der Waals surface area contributed by atoms with Crippen LogP contribution in [0.4, 0.5) is 0 Å². The van der Waals surface area contributed by atoms with Gasteiger partial charge in [-0.2, -0.15) is 0 Å². The maximum Gasteiger partial charge on any atom is 0.218 e. The minimum absolute atomic E-state index is 0.0613. The predicted octanol–water partition coefficient (Wildman–Crippen LogP) is 0.381. The summed E-state index contributed by atoms with van der Waals surface area (Å²) in [5.74, 6) is -0.211. The predicted molar refractivity (Wildman–Crippen MR) is 43.8 cm³/mol. The van der Waals surface area contributed by atoms with Gasteiger partial charge in [-0.25, -0.2) is 0 Å². The van der Waals surface area contributed by atoms with E-state index >= 15 is 0 Å². The zero-order valence-electron chi connectivity index (χ0n) is 6.81. The normalized spacial score (nSPS) is 21.9. The molecule has 64 valence electrons. The van der Waals surface area contributed by atoms with E-state index in [1.807, 2.05) is 0 Å². The summed E-state index contributed by atoms with van der Waals surface area (Å²) in [6.07, 6.45) is 5.03. The molecule has 0 aromatic heterocycles. The highest BCUT2D eigenvalue weighted by Crippen LogP contribution is 2.39. The minimum Gasteiger partial charge on any atom is -0.370 e. The number of carbonyl (C=O) groups excluding carboxylic acids is 1. The molecule has 0 aliphatic heterocycles. The standard InChI is InChI=1S/C8H16N2O/c9-6-8(5-7(10)11)3-1-2-4-8/h1-6,9H2,(H2,10,11). The molecule has 0 atom stereocenters. The Balaban J connectivity index is 2.52. The summed E-state index contributed by atoms with van der Waals surface area (Å²) in [6.45, 7) is 0.607. The molecule has 1 aliphatic rings. The third-order valence-corrected chi connectivity index (χ3v) is 2.65. The Bertz CT molecular complexity index is 150. The SMILES string of the molecule is NCC1(CC(N)=O)CCCC1. The summed E-state index contributed by atoms with van der Waals surface area (Å²) < 4.78 is 0. The fourth-order valence-electron chi connectivity index (χ4n) is 1.95. The number of rotatable bonds is 3. The molecule has 1 fully saturated rings. The fourth-order valence-corrected chi connectivity index (χ4v) is 1.95. The van der Waals surface area contributed by atoms with Gasteiger partial charge in [-0.15, -0.1) is 0 Å². The van der Waals surface area contributed by atoms with E-state index in [2.05, 4.69) is 0 Å². The van der Waals surface area contributed by atoms with Crippen molar-refractivity contribution in [3.05, 3.63) is 0 Å². The van der Waals surface area contributed by atoms with Crippen LogP contribution >= 0.6 is 0 Å². The molecule has 0 saturated heterocycles. The van der Waals surface area contributed by atoms with Gasteiger partial charge in [0.2, 0.25) is 5.91 Å². The van der Waals surface area contributed by atoms with Crippen LogP contribution in [-0.2, 0) is 4.79 Å². The maximum atomic E-state index is 10.7. The molecule has 1 amide bonds. The Morgan fingerprint density at radius 2 is 1.91 bits per heavy atom. The molecule has 0 aromatic carbocycles. The molecule has 0 bridgehead atoms. The summed E-state index contributed by atoms with van der Waals surface area (Å²) in [7, 11) is 0. The van der Waals surface area contributed by atoms with E-state index in [1.54, 1.807) is 0 Å². The van der Waals surface area contributed by atoms with Crippen LogP contribution in [0.15, 0.2) is 0 Å². The molecule has 3 heteroatoms. The van der Waals surface area contributed by atoms with E-state index in [0.29, 0.717) is 13.0 Å². The highest BCUT2D eigenvalue weighted by atomic mass is 16.1. The van der Waals surface area contributed by atoms with Crippen molar-refractivity contribution in [2.75, 3.05) is 6.54 Å². The third kappa shape index (κ3) is 1.93. The van der Waals surface area contributed by atoms with Crippen LogP contribution in [0.25, 0.3) is 0 Å². The number of primary amides is 1. The van der Waals surface area contributed by atoms with Crippen LogP contribution in [-0.4, -0.2) is 12.5 Å². The molecule has 0 aromatic rings. The van der Waals surface area contributed by atoms with E-state index in [4.69, 9.17) is 11.5 Å². The first kappa shape index (κ1) is 8.53. The van der Waals surface area contributed by atoms with E-state index < -0.39 is 0 Å². The summed E-state index contributed by atoms with van der Waals surface area (Å²) >= 11 is 0. The Morgan fingerprint density at radius 3 is 2.27 bits per heavy atom. The summed E-state index contributed by atoms with van der Waals surface area (Å²) in [6, 6.07) is 0. The van der Waals surface area contributed by atoms with Crippen molar-refractivity contribution in [1.29, 1.82) is 0 Å². The molecule has 4 N–H and O–H groups in total. The number of hydrogen-bond acceptors (Lipinski definition) is 2. The van der Waals surface area contributed by atoms with Gasteiger partial charge in [0.1, 0.15) is 0 Å². The molecule has 1 rings (SSSR count). The number of hydrogen-bond donors (Lipinski definition) is 2. The van der Waals surface area contributed by atoms with E-state index in [0.717, 1.165) is 12.8 Å². The lowest BCUT2D eigenvalue weighted by Crippen LogP contribution is -2.32. The zero-order valence-corrected chi connectivity index (χ0v) is 6.81. The van der Waals surface area contributed by atoms with Crippen LogP contribution in [0, 0.1) is 5.41 Å². The molecule has 1 aliphatic carbocycles. The average molecular weight is 156 g/mol. The quantitative estimate of drug-likeness (QED) is 0.620. The second kappa shape index (κ2) is 3.22. The van der Waals surface area contributed by atoms with Gasteiger partial charge in [-0.3, -0.25) is 4.79 Å². The smallest absolute Gasteiger partial charge is 0.218 e. The molecular weight excluding hydrogens is 140 g/mol. The van der Waals surface area contributed by atoms with Crippen molar-refractivity contribution < 1.29 is 4.79 Å². The first-order valence-electron chi connectivity index (χ1n) is 4.17. The number of nitrogens with two attached hydrogens (primary N) is 2. The Hall–Kier alpha value is -0.570. The van der Waals surface area contributed by atoms with Gasteiger partial charge >= 0.3 is 0 Å².